The van der Waals surface area contributed by atoms with Crippen molar-refractivity contribution in [3.05, 3.63) is 23.3 Å². The Balaban J connectivity index is 1.98. The van der Waals surface area contributed by atoms with Crippen LogP contribution in [0.4, 0.5) is 5.69 Å². The van der Waals surface area contributed by atoms with E-state index in [1.165, 1.54) is 12.8 Å². The molecule has 1 aliphatic rings. The van der Waals surface area contributed by atoms with Crippen LogP contribution in [-0.2, 0) is 4.79 Å². The summed E-state index contributed by atoms with van der Waals surface area (Å²) >= 11 is 0. The molecule has 4 nitrogen and oxygen atoms in total. The van der Waals surface area contributed by atoms with Gasteiger partial charge in [-0.05, 0) is 44.7 Å². The second-order valence-corrected chi connectivity index (χ2v) is 5.72. The molecule has 2 rings (SSSR count). The van der Waals surface area contributed by atoms with Gasteiger partial charge in [0.25, 0.3) is 5.91 Å². The molecular formula is C16H24N2O2. The summed E-state index contributed by atoms with van der Waals surface area (Å²) in [4.78, 5) is 12.1. The maximum atomic E-state index is 12.1. The molecular weight excluding hydrogens is 252 g/mol. The van der Waals surface area contributed by atoms with Gasteiger partial charge in [0.15, 0.2) is 6.10 Å². The van der Waals surface area contributed by atoms with Gasteiger partial charge in [-0.2, -0.15) is 0 Å². The van der Waals surface area contributed by atoms with Crippen molar-refractivity contribution in [3.8, 4) is 5.75 Å². The van der Waals surface area contributed by atoms with Crippen LogP contribution in [0.5, 0.6) is 5.75 Å². The number of carbonyl (C=O) groups excluding carboxylic acids is 1. The van der Waals surface area contributed by atoms with Crippen molar-refractivity contribution in [1.29, 1.82) is 0 Å². The van der Waals surface area contributed by atoms with E-state index in [1.54, 1.807) is 13.0 Å². The second kappa shape index (κ2) is 6.16. The fourth-order valence-electron chi connectivity index (χ4n) is 2.61. The number of hydrogen-bond donors (Lipinski definition) is 2. The van der Waals surface area contributed by atoms with E-state index in [-0.39, 0.29) is 5.91 Å². The summed E-state index contributed by atoms with van der Waals surface area (Å²) < 4.78 is 5.76. The maximum absolute atomic E-state index is 12.1. The van der Waals surface area contributed by atoms with Crippen molar-refractivity contribution in [2.45, 2.75) is 58.6 Å². The van der Waals surface area contributed by atoms with Gasteiger partial charge in [0, 0.05) is 17.8 Å². The van der Waals surface area contributed by atoms with Crippen LogP contribution in [0.2, 0.25) is 0 Å². The first-order valence-corrected chi connectivity index (χ1v) is 7.31. The van der Waals surface area contributed by atoms with Crippen LogP contribution < -0.4 is 15.8 Å². The number of carbonyl (C=O) groups is 1. The first-order chi connectivity index (χ1) is 9.47. The van der Waals surface area contributed by atoms with Crippen LogP contribution in [0.3, 0.4) is 0 Å². The van der Waals surface area contributed by atoms with Gasteiger partial charge in [0.1, 0.15) is 5.75 Å². The van der Waals surface area contributed by atoms with E-state index < -0.39 is 6.10 Å². The van der Waals surface area contributed by atoms with Crippen LogP contribution in [0.15, 0.2) is 12.1 Å². The number of nitrogens with one attached hydrogen (secondary N) is 1. The van der Waals surface area contributed by atoms with Gasteiger partial charge in [-0.25, -0.2) is 0 Å². The molecule has 1 fully saturated rings. The van der Waals surface area contributed by atoms with Gasteiger partial charge in [-0.1, -0.05) is 18.9 Å². The highest BCUT2D eigenvalue weighted by atomic mass is 16.5. The molecule has 0 radical (unpaired) electrons. The Morgan fingerprint density at radius 3 is 2.60 bits per heavy atom. The second-order valence-electron chi connectivity index (χ2n) is 5.72. The van der Waals surface area contributed by atoms with Crippen LogP contribution in [0.25, 0.3) is 0 Å². The molecule has 0 aliphatic heterocycles. The highest BCUT2D eigenvalue weighted by Gasteiger charge is 2.22. The van der Waals surface area contributed by atoms with E-state index in [2.05, 4.69) is 5.32 Å². The molecule has 1 atom stereocenters. The van der Waals surface area contributed by atoms with E-state index >= 15 is 0 Å². The highest BCUT2D eigenvalue weighted by Crippen LogP contribution is 2.25. The number of aryl methyl sites for hydroxylation is 2. The lowest BCUT2D eigenvalue weighted by Gasteiger charge is -2.19. The van der Waals surface area contributed by atoms with Crippen LogP contribution in [0, 0.1) is 13.8 Å². The first-order valence-electron chi connectivity index (χ1n) is 7.31. The van der Waals surface area contributed by atoms with E-state index in [4.69, 9.17) is 10.5 Å². The summed E-state index contributed by atoms with van der Waals surface area (Å²) in [5, 5.41) is 3.05. The topological polar surface area (TPSA) is 64.3 Å². The van der Waals surface area contributed by atoms with Crippen molar-refractivity contribution in [1.82, 2.24) is 5.32 Å². The number of ether oxygens (including phenoxy) is 1. The summed E-state index contributed by atoms with van der Waals surface area (Å²) in [5.74, 6) is 0.637. The summed E-state index contributed by atoms with van der Waals surface area (Å²) in [7, 11) is 0. The van der Waals surface area contributed by atoms with Gasteiger partial charge in [-0.3, -0.25) is 4.79 Å². The Bertz CT molecular complexity index is 493. The SMILES string of the molecule is Cc1cc(C)c(OC(C)C(=O)NC2CCCC2)cc1N. The third-order valence-corrected chi connectivity index (χ3v) is 3.94. The molecule has 3 N–H and O–H groups in total. The fraction of sp³-hybridized carbons (Fsp3) is 0.562. The zero-order chi connectivity index (χ0) is 14.7. The third-order valence-electron chi connectivity index (χ3n) is 3.94. The van der Waals surface area contributed by atoms with Gasteiger partial charge in [0.2, 0.25) is 0 Å². The van der Waals surface area contributed by atoms with Crippen LogP contribution in [0.1, 0.15) is 43.7 Å². The van der Waals surface area contributed by atoms with Gasteiger partial charge in [-0.15, -0.1) is 0 Å². The molecule has 0 bridgehead atoms. The molecule has 0 heterocycles. The number of amides is 1. The van der Waals surface area contributed by atoms with Crippen molar-refractivity contribution < 1.29 is 9.53 Å². The Labute approximate surface area is 120 Å². The number of nitrogens with two attached hydrogens (primary N) is 1. The van der Waals surface area contributed by atoms with Gasteiger partial charge >= 0.3 is 0 Å². The fourth-order valence-corrected chi connectivity index (χ4v) is 2.61. The molecule has 1 aliphatic carbocycles. The molecule has 20 heavy (non-hydrogen) atoms. The minimum Gasteiger partial charge on any atom is -0.481 e. The molecule has 0 aromatic heterocycles. The number of nitrogen functional groups attached to an aromatic ring is 1. The summed E-state index contributed by atoms with van der Waals surface area (Å²) in [6, 6.07) is 4.09. The van der Waals surface area contributed by atoms with E-state index in [1.807, 2.05) is 19.9 Å². The maximum Gasteiger partial charge on any atom is 0.260 e. The minimum absolute atomic E-state index is 0.0459. The third kappa shape index (κ3) is 3.44. The molecule has 1 aromatic carbocycles. The quantitative estimate of drug-likeness (QED) is 0.831. The summed E-state index contributed by atoms with van der Waals surface area (Å²) in [6.07, 6.45) is 4.06. The molecule has 1 amide bonds. The van der Waals surface area contributed by atoms with Crippen molar-refractivity contribution in [2.75, 3.05) is 5.73 Å². The smallest absolute Gasteiger partial charge is 0.260 e. The van der Waals surface area contributed by atoms with Crippen LogP contribution >= 0.6 is 0 Å². The molecule has 1 unspecified atom stereocenters. The minimum atomic E-state index is -0.503. The normalized spacial score (nSPS) is 16.9. The largest absolute Gasteiger partial charge is 0.481 e. The molecule has 4 heteroatoms. The highest BCUT2D eigenvalue weighted by molar-refractivity contribution is 5.81. The Hall–Kier alpha value is -1.71. The number of hydrogen-bond acceptors (Lipinski definition) is 3. The Morgan fingerprint density at radius 1 is 1.30 bits per heavy atom. The number of benzene rings is 1. The zero-order valence-electron chi connectivity index (χ0n) is 12.5. The lowest BCUT2D eigenvalue weighted by atomic mass is 10.1. The van der Waals surface area contributed by atoms with Crippen molar-refractivity contribution in [3.63, 3.8) is 0 Å². The van der Waals surface area contributed by atoms with Crippen molar-refractivity contribution >= 4 is 11.6 Å². The monoisotopic (exact) mass is 276 g/mol. The predicted molar refractivity (Wildman–Crippen MR) is 80.8 cm³/mol. The van der Waals surface area contributed by atoms with E-state index in [0.717, 1.165) is 24.0 Å². The molecule has 0 saturated heterocycles. The molecule has 110 valence electrons. The molecule has 1 saturated carbocycles. The Morgan fingerprint density at radius 2 is 1.95 bits per heavy atom. The summed E-state index contributed by atoms with van der Waals surface area (Å²) in [6.45, 7) is 5.70. The lowest BCUT2D eigenvalue weighted by molar-refractivity contribution is -0.127. The van der Waals surface area contributed by atoms with E-state index in [9.17, 15) is 4.79 Å². The van der Waals surface area contributed by atoms with Crippen LogP contribution in [-0.4, -0.2) is 18.1 Å². The van der Waals surface area contributed by atoms with Gasteiger partial charge < -0.3 is 15.8 Å². The average molecular weight is 276 g/mol. The van der Waals surface area contributed by atoms with E-state index in [0.29, 0.717) is 17.5 Å². The zero-order valence-corrected chi connectivity index (χ0v) is 12.5. The standard InChI is InChI=1S/C16H24N2O2/c1-10-8-11(2)15(9-14(10)17)20-12(3)16(19)18-13-6-4-5-7-13/h8-9,12-13H,4-7,17H2,1-3H3,(H,18,19). The van der Waals surface area contributed by atoms with Gasteiger partial charge in [0.05, 0.1) is 0 Å². The lowest BCUT2D eigenvalue weighted by Crippen LogP contribution is -2.41. The number of anilines is 1. The molecule has 0 spiro atoms. The molecule has 1 aromatic rings. The van der Waals surface area contributed by atoms with Crippen molar-refractivity contribution in [2.24, 2.45) is 0 Å². The average Bonchev–Trinajstić information content (AvgIpc) is 2.88. The predicted octanol–water partition coefficient (Wildman–Crippen LogP) is 2.71. The summed E-state index contributed by atoms with van der Waals surface area (Å²) in [5.41, 5.74) is 8.61. The Kier molecular flexibility index (Phi) is 4.53. The number of rotatable bonds is 4. The first kappa shape index (κ1) is 14.7.